The number of hydrogen-bond acceptors (Lipinski definition) is 3. The smallest absolute Gasteiger partial charge is 0.334 e. The van der Waals surface area contributed by atoms with Crippen LogP contribution >= 0.6 is 0 Å². The van der Waals surface area contributed by atoms with E-state index in [0.717, 1.165) is 5.56 Å². The molecule has 25 heavy (non-hydrogen) atoms. The molecule has 0 saturated carbocycles. The van der Waals surface area contributed by atoms with Crippen LogP contribution in [0.3, 0.4) is 0 Å². The lowest BCUT2D eigenvalue weighted by Crippen LogP contribution is -2.50. The number of carbonyl (C=O) groups is 2. The van der Waals surface area contributed by atoms with Gasteiger partial charge in [0.2, 0.25) is 0 Å². The van der Waals surface area contributed by atoms with Crippen LogP contribution in [0.15, 0.2) is 48.5 Å². The Kier molecular flexibility index (Phi) is 4.25. The Balaban J connectivity index is 1.98. The standard InChI is InChI=1S/C20H21NO4/c1-13(2)25-16-10-8-15(9-11-16)20(3,19(23)24)21-12-14-6-4-5-7-17(14)18(21)22/h4-11,13H,12H2,1-3H3,(H,23,24). The molecule has 2 aromatic carbocycles. The van der Waals surface area contributed by atoms with Crippen LogP contribution in [0.25, 0.3) is 0 Å². The van der Waals surface area contributed by atoms with Gasteiger partial charge in [0.05, 0.1) is 6.10 Å². The molecule has 0 spiro atoms. The second-order valence-electron chi connectivity index (χ2n) is 6.62. The molecule has 1 unspecified atom stereocenters. The molecule has 1 aliphatic heterocycles. The number of ether oxygens (including phenoxy) is 1. The van der Waals surface area contributed by atoms with Crippen LogP contribution in [0.4, 0.5) is 0 Å². The van der Waals surface area contributed by atoms with Crippen molar-refractivity contribution in [2.24, 2.45) is 0 Å². The van der Waals surface area contributed by atoms with Crippen LogP contribution in [0, 0.1) is 0 Å². The summed E-state index contributed by atoms with van der Waals surface area (Å²) in [7, 11) is 0. The number of aliphatic carboxylic acids is 1. The minimum atomic E-state index is -1.45. The van der Waals surface area contributed by atoms with Gasteiger partial charge in [0.25, 0.3) is 5.91 Å². The van der Waals surface area contributed by atoms with Crippen LogP contribution in [-0.2, 0) is 16.9 Å². The van der Waals surface area contributed by atoms with E-state index in [9.17, 15) is 14.7 Å². The molecule has 2 aromatic rings. The molecule has 0 fully saturated rings. The summed E-state index contributed by atoms with van der Waals surface area (Å²) < 4.78 is 5.61. The van der Waals surface area contributed by atoms with Crippen molar-refractivity contribution in [3.8, 4) is 5.75 Å². The second kappa shape index (κ2) is 6.24. The lowest BCUT2D eigenvalue weighted by molar-refractivity contribution is -0.149. The zero-order valence-corrected chi connectivity index (χ0v) is 14.5. The molecular formula is C20H21NO4. The third-order valence-corrected chi connectivity index (χ3v) is 4.57. The number of nitrogens with zero attached hydrogens (tertiary/aromatic N) is 1. The molecule has 1 atom stereocenters. The van der Waals surface area contributed by atoms with Gasteiger partial charge in [-0.1, -0.05) is 30.3 Å². The maximum Gasteiger partial charge on any atom is 0.334 e. The molecule has 130 valence electrons. The zero-order valence-electron chi connectivity index (χ0n) is 14.5. The maximum absolute atomic E-state index is 12.8. The number of carboxylic acid groups (broad SMARTS) is 1. The summed E-state index contributed by atoms with van der Waals surface area (Å²) >= 11 is 0. The van der Waals surface area contributed by atoms with Crippen molar-refractivity contribution < 1.29 is 19.4 Å². The Hall–Kier alpha value is -2.82. The van der Waals surface area contributed by atoms with Gasteiger partial charge in [-0.15, -0.1) is 0 Å². The van der Waals surface area contributed by atoms with E-state index in [-0.39, 0.29) is 18.6 Å². The number of fused-ring (bicyclic) bond motifs is 1. The molecule has 1 aliphatic rings. The van der Waals surface area contributed by atoms with E-state index in [0.29, 0.717) is 16.9 Å². The van der Waals surface area contributed by atoms with Crippen LogP contribution in [0.1, 0.15) is 42.3 Å². The van der Waals surface area contributed by atoms with E-state index in [2.05, 4.69) is 0 Å². The highest BCUT2D eigenvalue weighted by Gasteiger charge is 2.47. The molecule has 5 nitrogen and oxygen atoms in total. The van der Waals surface area contributed by atoms with E-state index in [1.165, 1.54) is 4.90 Å². The van der Waals surface area contributed by atoms with E-state index >= 15 is 0 Å². The second-order valence-corrected chi connectivity index (χ2v) is 6.62. The van der Waals surface area contributed by atoms with Crippen LogP contribution < -0.4 is 4.74 Å². The Morgan fingerprint density at radius 3 is 2.36 bits per heavy atom. The third kappa shape index (κ3) is 2.86. The molecule has 0 aromatic heterocycles. The summed E-state index contributed by atoms with van der Waals surface area (Å²) in [4.78, 5) is 26.3. The molecule has 1 N–H and O–H groups in total. The Morgan fingerprint density at radius 2 is 1.80 bits per heavy atom. The number of amides is 1. The molecule has 0 saturated heterocycles. The average molecular weight is 339 g/mol. The molecule has 1 heterocycles. The highest BCUT2D eigenvalue weighted by molar-refractivity contribution is 6.01. The van der Waals surface area contributed by atoms with Gasteiger partial charge in [0.1, 0.15) is 5.75 Å². The maximum atomic E-state index is 12.8. The average Bonchev–Trinajstić information content (AvgIpc) is 2.92. The van der Waals surface area contributed by atoms with Gasteiger partial charge in [-0.05, 0) is 50.1 Å². The summed E-state index contributed by atoms with van der Waals surface area (Å²) in [5.74, 6) is -0.656. The first kappa shape index (κ1) is 17.0. The molecular weight excluding hydrogens is 318 g/mol. The van der Waals surface area contributed by atoms with E-state index in [1.54, 1.807) is 43.3 Å². The van der Waals surface area contributed by atoms with Crippen LogP contribution in [0.5, 0.6) is 5.75 Å². The van der Waals surface area contributed by atoms with Crippen molar-refractivity contribution in [3.63, 3.8) is 0 Å². The van der Waals surface area contributed by atoms with Crippen molar-refractivity contribution >= 4 is 11.9 Å². The molecule has 3 rings (SSSR count). The highest BCUT2D eigenvalue weighted by Crippen LogP contribution is 2.37. The number of carboxylic acids is 1. The highest BCUT2D eigenvalue weighted by atomic mass is 16.5. The first-order chi connectivity index (χ1) is 11.8. The molecule has 5 heteroatoms. The van der Waals surface area contributed by atoms with Crippen LogP contribution in [-0.4, -0.2) is 28.0 Å². The van der Waals surface area contributed by atoms with Crippen molar-refractivity contribution in [3.05, 3.63) is 65.2 Å². The van der Waals surface area contributed by atoms with Gasteiger partial charge in [-0.25, -0.2) is 4.79 Å². The predicted octanol–water partition coefficient (Wildman–Crippen LogP) is 3.43. The van der Waals surface area contributed by atoms with E-state index < -0.39 is 11.5 Å². The van der Waals surface area contributed by atoms with Gasteiger partial charge < -0.3 is 14.7 Å². The summed E-state index contributed by atoms with van der Waals surface area (Å²) in [5, 5.41) is 9.93. The lowest BCUT2D eigenvalue weighted by atomic mass is 9.90. The minimum Gasteiger partial charge on any atom is -0.491 e. The third-order valence-electron chi connectivity index (χ3n) is 4.57. The van der Waals surface area contributed by atoms with Crippen molar-refractivity contribution in [1.82, 2.24) is 4.90 Å². The number of carbonyl (C=O) groups excluding carboxylic acids is 1. The normalized spacial score (nSPS) is 15.8. The zero-order chi connectivity index (χ0) is 18.2. The fourth-order valence-electron chi connectivity index (χ4n) is 3.14. The topological polar surface area (TPSA) is 66.8 Å². The molecule has 0 bridgehead atoms. The van der Waals surface area contributed by atoms with Gasteiger partial charge in [-0.3, -0.25) is 4.79 Å². The summed E-state index contributed by atoms with van der Waals surface area (Å²) in [6.45, 7) is 5.70. The SMILES string of the molecule is CC(C)Oc1ccc(C(C)(C(=O)O)N2Cc3ccccc3C2=O)cc1. The lowest BCUT2D eigenvalue weighted by Gasteiger charge is -2.35. The van der Waals surface area contributed by atoms with Gasteiger partial charge in [0, 0.05) is 12.1 Å². The Bertz CT molecular complexity index is 813. The van der Waals surface area contributed by atoms with Crippen molar-refractivity contribution in [2.45, 2.75) is 39.0 Å². The van der Waals surface area contributed by atoms with E-state index in [1.807, 2.05) is 26.0 Å². The van der Waals surface area contributed by atoms with Gasteiger partial charge >= 0.3 is 5.97 Å². The Morgan fingerprint density at radius 1 is 1.16 bits per heavy atom. The quantitative estimate of drug-likeness (QED) is 0.906. The molecule has 0 aliphatic carbocycles. The minimum absolute atomic E-state index is 0.0337. The summed E-state index contributed by atoms with van der Waals surface area (Å²) in [6, 6.07) is 14.1. The van der Waals surface area contributed by atoms with Crippen LogP contribution in [0.2, 0.25) is 0 Å². The number of rotatable bonds is 5. The first-order valence-corrected chi connectivity index (χ1v) is 8.24. The molecule has 1 amide bonds. The van der Waals surface area contributed by atoms with Gasteiger partial charge in [-0.2, -0.15) is 0 Å². The predicted molar refractivity (Wildman–Crippen MR) is 93.5 cm³/mol. The Labute approximate surface area is 146 Å². The summed E-state index contributed by atoms with van der Waals surface area (Å²) in [5.41, 5.74) is 0.499. The van der Waals surface area contributed by atoms with Gasteiger partial charge in [0.15, 0.2) is 5.54 Å². The largest absolute Gasteiger partial charge is 0.491 e. The van der Waals surface area contributed by atoms with E-state index in [4.69, 9.17) is 4.74 Å². The molecule has 0 radical (unpaired) electrons. The van der Waals surface area contributed by atoms with Crippen molar-refractivity contribution in [1.29, 1.82) is 0 Å². The fraction of sp³-hybridized carbons (Fsp3) is 0.300. The monoisotopic (exact) mass is 339 g/mol. The van der Waals surface area contributed by atoms with Crippen molar-refractivity contribution in [2.75, 3.05) is 0 Å². The fourth-order valence-corrected chi connectivity index (χ4v) is 3.14. The number of benzene rings is 2. The number of hydrogen-bond donors (Lipinski definition) is 1. The first-order valence-electron chi connectivity index (χ1n) is 8.24. The summed E-state index contributed by atoms with van der Waals surface area (Å²) in [6.07, 6.45) is 0.0337.